The molecule has 0 aliphatic heterocycles. The molecule has 23 heavy (non-hydrogen) atoms. The van der Waals surface area contributed by atoms with Crippen LogP contribution < -0.4 is 0 Å². The Kier molecular flexibility index (Phi) is 5.90. The lowest BCUT2D eigenvalue weighted by Crippen LogP contribution is -2.21. The van der Waals surface area contributed by atoms with Crippen LogP contribution in [0.5, 0.6) is 0 Å². The standard InChI is InChI=1S/C16H18N4O2S/c1-11(18)12(9-17)15(21)10-23-16-19-13-5-3-4-6-14(13)20(16)7-8-22-2/h3-6,12,18H,7-8,10H2,1-2H3. The van der Waals surface area contributed by atoms with Crippen molar-refractivity contribution < 1.29 is 9.53 Å². The summed E-state index contributed by atoms with van der Waals surface area (Å²) in [5, 5.41) is 17.2. The molecule has 1 aromatic heterocycles. The maximum absolute atomic E-state index is 12.1. The average molecular weight is 330 g/mol. The van der Waals surface area contributed by atoms with Crippen LogP contribution in [0.15, 0.2) is 29.4 Å². The molecule has 1 unspecified atom stereocenters. The predicted molar refractivity (Wildman–Crippen MR) is 89.8 cm³/mol. The summed E-state index contributed by atoms with van der Waals surface area (Å²) in [6, 6.07) is 9.63. The van der Waals surface area contributed by atoms with Gasteiger partial charge < -0.3 is 14.7 Å². The normalized spacial score (nSPS) is 12.0. The minimum atomic E-state index is -0.973. The van der Waals surface area contributed by atoms with Crippen LogP contribution in [0.2, 0.25) is 0 Å². The van der Waals surface area contributed by atoms with Crippen LogP contribution in [0.4, 0.5) is 0 Å². The number of rotatable bonds is 8. The number of hydrogen-bond acceptors (Lipinski definition) is 6. The molecule has 2 aromatic rings. The molecule has 0 aliphatic carbocycles. The monoisotopic (exact) mass is 330 g/mol. The van der Waals surface area contributed by atoms with E-state index in [0.29, 0.717) is 13.2 Å². The number of carbonyl (C=O) groups is 1. The van der Waals surface area contributed by atoms with Gasteiger partial charge in [-0.15, -0.1) is 0 Å². The van der Waals surface area contributed by atoms with E-state index >= 15 is 0 Å². The smallest absolute Gasteiger partial charge is 0.169 e. The van der Waals surface area contributed by atoms with Gasteiger partial charge >= 0.3 is 0 Å². The number of aromatic nitrogens is 2. The molecule has 0 bridgehead atoms. The summed E-state index contributed by atoms with van der Waals surface area (Å²) in [6.45, 7) is 2.66. The summed E-state index contributed by atoms with van der Waals surface area (Å²) in [6.07, 6.45) is 0. The van der Waals surface area contributed by atoms with Crippen LogP contribution in [0.25, 0.3) is 11.0 Å². The number of thioether (sulfide) groups is 1. The number of ether oxygens (including phenoxy) is 1. The Morgan fingerprint density at radius 1 is 1.52 bits per heavy atom. The van der Waals surface area contributed by atoms with Crippen molar-refractivity contribution >= 4 is 34.3 Å². The first-order valence-corrected chi connectivity index (χ1v) is 8.11. The molecule has 1 atom stereocenters. The highest BCUT2D eigenvalue weighted by Gasteiger charge is 2.21. The van der Waals surface area contributed by atoms with Gasteiger partial charge in [-0.05, 0) is 19.1 Å². The average Bonchev–Trinajstić information content (AvgIpc) is 2.88. The van der Waals surface area contributed by atoms with Gasteiger partial charge in [0.05, 0.1) is 29.5 Å². The Bertz CT molecular complexity index is 763. The highest BCUT2D eigenvalue weighted by molar-refractivity contribution is 7.99. The fourth-order valence-electron chi connectivity index (χ4n) is 2.19. The van der Waals surface area contributed by atoms with Gasteiger partial charge in [-0.1, -0.05) is 23.9 Å². The molecule has 0 spiro atoms. The number of para-hydroxylation sites is 2. The summed E-state index contributed by atoms with van der Waals surface area (Å²) >= 11 is 1.29. The van der Waals surface area contributed by atoms with Gasteiger partial charge in [-0.25, -0.2) is 4.98 Å². The Morgan fingerprint density at radius 2 is 2.26 bits per heavy atom. The van der Waals surface area contributed by atoms with Crippen molar-refractivity contribution in [2.75, 3.05) is 19.5 Å². The second kappa shape index (κ2) is 7.90. The van der Waals surface area contributed by atoms with Crippen LogP contribution >= 0.6 is 11.8 Å². The molecular formula is C16H18N4O2S. The molecule has 6 nitrogen and oxygen atoms in total. The maximum Gasteiger partial charge on any atom is 0.169 e. The van der Waals surface area contributed by atoms with Gasteiger partial charge in [-0.2, -0.15) is 5.26 Å². The number of fused-ring (bicyclic) bond motifs is 1. The zero-order chi connectivity index (χ0) is 16.8. The molecule has 2 rings (SSSR count). The summed E-state index contributed by atoms with van der Waals surface area (Å²) in [5.41, 5.74) is 1.92. The predicted octanol–water partition coefficient (Wildman–Crippen LogP) is 2.52. The van der Waals surface area contributed by atoms with Gasteiger partial charge in [0, 0.05) is 19.4 Å². The molecule has 0 aliphatic rings. The second-order valence-electron chi connectivity index (χ2n) is 5.03. The van der Waals surface area contributed by atoms with Crippen LogP contribution in [-0.2, 0) is 16.1 Å². The van der Waals surface area contributed by atoms with Gasteiger partial charge in [0.25, 0.3) is 0 Å². The van der Waals surface area contributed by atoms with Gasteiger partial charge in [0.1, 0.15) is 5.92 Å². The highest BCUT2D eigenvalue weighted by Crippen LogP contribution is 2.24. The van der Waals surface area contributed by atoms with Crippen LogP contribution in [0.3, 0.4) is 0 Å². The van der Waals surface area contributed by atoms with Crippen LogP contribution in [0, 0.1) is 22.7 Å². The number of Topliss-reactive ketones (excluding diaryl/α,β-unsaturated/α-hetero) is 1. The van der Waals surface area contributed by atoms with Gasteiger partial charge in [0.2, 0.25) is 0 Å². The van der Waals surface area contributed by atoms with E-state index in [2.05, 4.69) is 4.98 Å². The third-order valence-corrected chi connectivity index (χ3v) is 4.36. The second-order valence-corrected chi connectivity index (χ2v) is 5.97. The number of ketones is 1. The van der Waals surface area contributed by atoms with Crippen molar-refractivity contribution in [2.24, 2.45) is 5.92 Å². The topological polar surface area (TPSA) is 91.8 Å². The van der Waals surface area contributed by atoms with Gasteiger partial charge in [0.15, 0.2) is 10.9 Å². The number of methoxy groups -OCH3 is 1. The van der Waals surface area contributed by atoms with Gasteiger partial charge in [-0.3, -0.25) is 4.79 Å². The minimum absolute atomic E-state index is 0.0750. The van der Waals surface area contributed by atoms with E-state index in [0.717, 1.165) is 16.2 Å². The third kappa shape index (κ3) is 3.97. The number of nitriles is 1. The maximum atomic E-state index is 12.1. The molecule has 1 heterocycles. The Balaban J connectivity index is 2.20. The van der Waals surface area contributed by atoms with Crippen molar-refractivity contribution in [3.05, 3.63) is 24.3 Å². The molecule has 7 heteroatoms. The van der Waals surface area contributed by atoms with E-state index < -0.39 is 5.92 Å². The fraction of sp³-hybridized carbons (Fsp3) is 0.375. The lowest BCUT2D eigenvalue weighted by molar-refractivity contribution is -0.117. The van der Waals surface area contributed by atoms with Crippen LogP contribution in [0.1, 0.15) is 6.92 Å². The van der Waals surface area contributed by atoms with E-state index in [1.165, 1.54) is 18.7 Å². The Labute approximate surface area is 139 Å². The lowest BCUT2D eigenvalue weighted by Gasteiger charge is -2.09. The first kappa shape index (κ1) is 17.2. The number of imidazole rings is 1. The summed E-state index contributed by atoms with van der Waals surface area (Å²) in [5.74, 6) is -1.13. The first-order chi connectivity index (χ1) is 11.1. The number of hydrogen-bond donors (Lipinski definition) is 1. The summed E-state index contributed by atoms with van der Waals surface area (Å²) in [7, 11) is 1.64. The highest BCUT2D eigenvalue weighted by atomic mass is 32.2. The Hall–Kier alpha value is -2.17. The molecule has 0 amide bonds. The van der Waals surface area contributed by atoms with Crippen molar-refractivity contribution in [3.8, 4) is 6.07 Å². The minimum Gasteiger partial charge on any atom is -0.383 e. The summed E-state index contributed by atoms with van der Waals surface area (Å²) < 4.78 is 7.15. The summed E-state index contributed by atoms with van der Waals surface area (Å²) in [4.78, 5) is 16.6. The number of nitrogens with one attached hydrogen (secondary N) is 1. The molecule has 0 radical (unpaired) electrons. The molecule has 1 aromatic carbocycles. The fourth-order valence-corrected chi connectivity index (χ4v) is 3.14. The van der Waals surface area contributed by atoms with Crippen LogP contribution in [-0.4, -0.2) is 40.5 Å². The van der Waals surface area contributed by atoms with E-state index in [9.17, 15) is 4.79 Å². The first-order valence-electron chi connectivity index (χ1n) is 7.13. The molecular weight excluding hydrogens is 312 g/mol. The molecule has 0 fully saturated rings. The number of carbonyl (C=O) groups excluding carboxylic acids is 1. The third-order valence-electron chi connectivity index (χ3n) is 3.37. The number of nitrogens with zero attached hydrogens (tertiary/aromatic N) is 3. The van der Waals surface area contributed by atoms with Crippen molar-refractivity contribution in [2.45, 2.75) is 18.6 Å². The quantitative estimate of drug-likeness (QED) is 0.593. The van der Waals surface area contributed by atoms with E-state index in [-0.39, 0.29) is 17.2 Å². The van der Waals surface area contributed by atoms with E-state index in [1.54, 1.807) is 7.11 Å². The zero-order valence-corrected chi connectivity index (χ0v) is 13.9. The SMILES string of the molecule is COCCn1c(SCC(=O)C(C#N)C(C)=N)nc2ccccc21. The van der Waals surface area contributed by atoms with E-state index in [1.807, 2.05) is 34.9 Å². The van der Waals surface area contributed by atoms with Crippen molar-refractivity contribution in [1.29, 1.82) is 10.7 Å². The largest absolute Gasteiger partial charge is 0.383 e. The molecule has 1 N–H and O–H groups in total. The number of benzene rings is 1. The van der Waals surface area contributed by atoms with Crippen molar-refractivity contribution in [3.63, 3.8) is 0 Å². The molecule has 0 saturated heterocycles. The van der Waals surface area contributed by atoms with Crippen molar-refractivity contribution in [1.82, 2.24) is 9.55 Å². The molecule has 120 valence electrons. The Morgan fingerprint density at radius 3 is 2.91 bits per heavy atom. The lowest BCUT2D eigenvalue weighted by atomic mass is 10.0. The zero-order valence-electron chi connectivity index (χ0n) is 13.1. The molecule has 0 saturated carbocycles. The van der Waals surface area contributed by atoms with E-state index in [4.69, 9.17) is 15.4 Å².